The third-order valence-electron chi connectivity index (χ3n) is 4.07. The van der Waals surface area contributed by atoms with Gasteiger partial charge in [0, 0.05) is 19.1 Å². The van der Waals surface area contributed by atoms with Crippen LogP contribution in [0.2, 0.25) is 5.02 Å². The van der Waals surface area contributed by atoms with Crippen LogP contribution in [0.3, 0.4) is 0 Å². The number of nitrogens with one attached hydrogen (secondary N) is 1. The highest BCUT2D eigenvalue weighted by Gasteiger charge is 2.25. The van der Waals surface area contributed by atoms with Crippen molar-refractivity contribution in [3.63, 3.8) is 0 Å². The average Bonchev–Trinajstić information content (AvgIpc) is 2.90. The zero-order valence-corrected chi connectivity index (χ0v) is 15.8. The first kappa shape index (κ1) is 18.6. The van der Waals surface area contributed by atoms with Crippen LogP contribution in [-0.2, 0) is 18.8 Å². The van der Waals surface area contributed by atoms with Gasteiger partial charge in [-0.15, -0.1) is 0 Å². The average molecular weight is 390 g/mol. The maximum absolute atomic E-state index is 12.7. The van der Waals surface area contributed by atoms with E-state index in [4.69, 9.17) is 16.3 Å². The first-order valence-electron chi connectivity index (χ1n) is 7.84. The molecule has 2 aromatic heterocycles. The fraction of sp³-hybridized carbons (Fsp3) is 0.235. The van der Waals surface area contributed by atoms with Gasteiger partial charge in [-0.1, -0.05) is 11.6 Å². The van der Waals surface area contributed by atoms with Gasteiger partial charge in [0.15, 0.2) is 11.4 Å². The second-order valence-corrected chi connectivity index (χ2v) is 6.28. The number of nitrogens with zero attached hydrogens (tertiary/aromatic N) is 4. The summed E-state index contributed by atoms with van der Waals surface area (Å²) in [5.74, 6) is -1.43. The van der Waals surface area contributed by atoms with Crippen molar-refractivity contribution in [2.24, 2.45) is 14.1 Å². The summed E-state index contributed by atoms with van der Waals surface area (Å²) in [5.41, 5.74) is 0.254. The Hall–Kier alpha value is -3.20. The molecule has 0 aliphatic heterocycles. The molecule has 2 heterocycles. The van der Waals surface area contributed by atoms with E-state index in [0.717, 1.165) is 0 Å². The molecule has 10 heteroatoms. The van der Waals surface area contributed by atoms with Gasteiger partial charge < -0.3 is 10.1 Å². The number of hydrogen-bond donors (Lipinski definition) is 1. The summed E-state index contributed by atoms with van der Waals surface area (Å²) in [6.45, 7) is 1.62. The molecule has 140 valence electrons. The number of hydrogen-bond acceptors (Lipinski definition) is 6. The van der Waals surface area contributed by atoms with Crippen molar-refractivity contribution in [1.82, 2.24) is 19.6 Å². The number of carbonyl (C=O) groups is 2. The molecule has 9 nitrogen and oxygen atoms in total. The Morgan fingerprint density at radius 2 is 1.89 bits per heavy atom. The molecule has 3 aromatic rings. The van der Waals surface area contributed by atoms with E-state index in [2.05, 4.69) is 15.5 Å². The second kappa shape index (κ2) is 6.84. The highest BCUT2D eigenvalue weighted by molar-refractivity contribution is 6.31. The van der Waals surface area contributed by atoms with Crippen molar-refractivity contribution in [2.75, 3.05) is 12.4 Å². The molecule has 0 aliphatic carbocycles. The molecule has 0 radical (unpaired) electrons. The molecule has 0 bridgehead atoms. The van der Waals surface area contributed by atoms with Crippen molar-refractivity contribution in [3.05, 3.63) is 50.5 Å². The number of aryl methyl sites for hydroxylation is 3. The number of aromatic nitrogens is 4. The molecule has 0 spiro atoms. The van der Waals surface area contributed by atoms with Crippen LogP contribution in [0, 0.1) is 6.92 Å². The summed E-state index contributed by atoms with van der Waals surface area (Å²) in [6, 6.07) is 4.76. The molecule has 0 fully saturated rings. The Kier molecular flexibility index (Phi) is 4.71. The molecule has 1 amide bonds. The van der Waals surface area contributed by atoms with Gasteiger partial charge in [-0.3, -0.25) is 19.0 Å². The highest BCUT2D eigenvalue weighted by atomic mass is 35.5. The van der Waals surface area contributed by atoms with Crippen LogP contribution in [0.25, 0.3) is 10.9 Å². The number of fused-ring (bicyclic) bond motifs is 1. The second-order valence-electron chi connectivity index (χ2n) is 5.84. The van der Waals surface area contributed by atoms with Crippen LogP contribution in [0.5, 0.6) is 0 Å². The SMILES string of the molecule is COC(=O)c1c(NC(=O)c2nn(C)c3ccc(Cl)cc3c2=O)c(C)nn1C. The highest BCUT2D eigenvalue weighted by Crippen LogP contribution is 2.21. The number of anilines is 1. The summed E-state index contributed by atoms with van der Waals surface area (Å²) in [5, 5.41) is 11.4. The zero-order chi connectivity index (χ0) is 19.9. The van der Waals surface area contributed by atoms with Gasteiger partial charge in [0.1, 0.15) is 0 Å². The van der Waals surface area contributed by atoms with Crippen LogP contribution in [0.1, 0.15) is 26.7 Å². The molecule has 27 heavy (non-hydrogen) atoms. The minimum absolute atomic E-state index is 0.0593. The van der Waals surface area contributed by atoms with E-state index in [-0.39, 0.29) is 22.5 Å². The van der Waals surface area contributed by atoms with Gasteiger partial charge in [-0.25, -0.2) is 4.79 Å². The monoisotopic (exact) mass is 389 g/mol. The summed E-state index contributed by atoms with van der Waals surface area (Å²) < 4.78 is 7.43. The summed E-state index contributed by atoms with van der Waals surface area (Å²) in [4.78, 5) is 37.4. The standard InChI is InChI=1S/C17H16ClN5O4/c1-8-12(14(17(26)27-4)23(3)20-8)19-16(25)13-15(24)10-7-9(18)5-6-11(10)22(2)21-13/h5-7H,1-4H3,(H,19,25). The van der Waals surface area contributed by atoms with Crippen molar-refractivity contribution < 1.29 is 14.3 Å². The topological polar surface area (TPSA) is 108 Å². The number of carbonyl (C=O) groups excluding carboxylic acids is 2. The molecule has 0 unspecified atom stereocenters. The summed E-state index contributed by atoms with van der Waals surface area (Å²) in [6.07, 6.45) is 0. The number of halogens is 1. The molecule has 3 rings (SSSR count). The van der Waals surface area contributed by atoms with Crippen LogP contribution >= 0.6 is 11.6 Å². The summed E-state index contributed by atoms with van der Waals surface area (Å²) in [7, 11) is 4.38. The van der Waals surface area contributed by atoms with E-state index in [0.29, 0.717) is 16.2 Å². The lowest BCUT2D eigenvalue weighted by molar-refractivity contribution is 0.0589. The van der Waals surface area contributed by atoms with Gasteiger partial charge in [0.2, 0.25) is 5.43 Å². The first-order valence-corrected chi connectivity index (χ1v) is 8.22. The third kappa shape index (κ3) is 3.17. The first-order chi connectivity index (χ1) is 12.7. The number of methoxy groups -OCH3 is 1. The largest absolute Gasteiger partial charge is 0.464 e. The van der Waals surface area contributed by atoms with Gasteiger partial charge in [-0.05, 0) is 25.1 Å². The molecular weight excluding hydrogens is 374 g/mol. The Morgan fingerprint density at radius 3 is 2.56 bits per heavy atom. The number of esters is 1. The predicted molar refractivity (Wildman–Crippen MR) is 99.2 cm³/mol. The number of benzene rings is 1. The van der Waals surface area contributed by atoms with Crippen molar-refractivity contribution >= 4 is 40.1 Å². The number of amides is 1. The number of ether oxygens (including phenoxy) is 1. The van der Waals surface area contributed by atoms with E-state index < -0.39 is 17.3 Å². The maximum Gasteiger partial charge on any atom is 0.358 e. The Bertz CT molecular complexity index is 1150. The fourth-order valence-electron chi connectivity index (χ4n) is 2.81. The van der Waals surface area contributed by atoms with Gasteiger partial charge in [0.05, 0.1) is 29.4 Å². The van der Waals surface area contributed by atoms with Crippen LogP contribution in [0.15, 0.2) is 23.0 Å². The molecule has 0 saturated carbocycles. The van der Waals surface area contributed by atoms with E-state index in [1.165, 1.54) is 22.5 Å². The normalized spacial score (nSPS) is 10.9. The van der Waals surface area contributed by atoms with E-state index in [1.54, 1.807) is 33.2 Å². The van der Waals surface area contributed by atoms with Crippen LogP contribution < -0.4 is 10.7 Å². The van der Waals surface area contributed by atoms with Crippen molar-refractivity contribution in [3.8, 4) is 0 Å². The Labute approximate surface area is 158 Å². The minimum Gasteiger partial charge on any atom is -0.464 e. The van der Waals surface area contributed by atoms with Gasteiger partial charge in [-0.2, -0.15) is 10.2 Å². The predicted octanol–water partition coefficient (Wildman–Crippen LogP) is 1.67. The maximum atomic E-state index is 12.7. The quantitative estimate of drug-likeness (QED) is 0.682. The lowest BCUT2D eigenvalue weighted by Crippen LogP contribution is -2.27. The van der Waals surface area contributed by atoms with E-state index in [1.807, 2.05) is 0 Å². The molecule has 0 atom stereocenters. The van der Waals surface area contributed by atoms with Crippen LogP contribution in [0.4, 0.5) is 5.69 Å². The van der Waals surface area contributed by atoms with Crippen molar-refractivity contribution in [1.29, 1.82) is 0 Å². The third-order valence-corrected chi connectivity index (χ3v) is 4.31. The molecule has 0 saturated heterocycles. The Morgan fingerprint density at radius 1 is 1.19 bits per heavy atom. The molecule has 1 N–H and O–H groups in total. The van der Waals surface area contributed by atoms with Crippen molar-refractivity contribution in [2.45, 2.75) is 6.92 Å². The van der Waals surface area contributed by atoms with Crippen LogP contribution in [-0.4, -0.2) is 38.5 Å². The lowest BCUT2D eigenvalue weighted by atomic mass is 10.2. The van der Waals surface area contributed by atoms with E-state index in [9.17, 15) is 14.4 Å². The minimum atomic E-state index is -0.765. The van der Waals surface area contributed by atoms with Gasteiger partial charge >= 0.3 is 5.97 Å². The van der Waals surface area contributed by atoms with Gasteiger partial charge in [0.25, 0.3) is 5.91 Å². The fourth-order valence-corrected chi connectivity index (χ4v) is 2.98. The molecule has 0 aliphatic rings. The smallest absolute Gasteiger partial charge is 0.358 e. The Balaban J connectivity index is 2.10. The molecule has 1 aromatic carbocycles. The number of rotatable bonds is 3. The summed E-state index contributed by atoms with van der Waals surface area (Å²) >= 11 is 5.97. The lowest BCUT2D eigenvalue weighted by Gasteiger charge is -2.09. The zero-order valence-electron chi connectivity index (χ0n) is 15.0. The van der Waals surface area contributed by atoms with E-state index >= 15 is 0 Å². The molecular formula is C17H16ClN5O4.